The van der Waals surface area contributed by atoms with Crippen molar-refractivity contribution < 1.29 is 14.3 Å². The van der Waals surface area contributed by atoms with E-state index in [1.54, 1.807) is 14.0 Å². The van der Waals surface area contributed by atoms with E-state index in [1.807, 2.05) is 4.90 Å². The van der Waals surface area contributed by atoms with Gasteiger partial charge in [0.1, 0.15) is 0 Å². The molecule has 0 bridgehead atoms. The summed E-state index contributed by atoms with van der Waals surface area (Å²) in [6.45, 7) is 7.03. The Labute approximate surface area is 102 Å². The van der Waals surface area contributed by atoms with E-state index in [1.165, 1.54) is 0 Å². The van der Waals surface area contributed by atoms with E-state index >= 15 is 0 Å². The highest BCUT2D eigenvalue weighted by Crippen LogP contribution is 2.18. The van der Waals surface area contributed by atoms with Crippen LogP contribution in [0.1, 0.15) is 19.8 Å². The summed E-state index contributed by atoms with van der Waals surface area (Å²) in [5, 5.41) is 2.64. The van der Waals surface area contributed by atoms with Gasteiger partial charge in [0.05, 0.1) is 12.6 Å². The zero-order valence-corrected chi connectivity index (χ0v) is 10.5. The number of nitrogens with zero attached hydrogens (tertiary/aromatic N) is 1. The molecule has 0 aromatic heterocycles. The summed E-state index contributed by atoms with van der Waals surface area (Å²) < 4.78 is 4.87. The smallest absolute Gasteiger partial charge is 0.334 e. The van der Waals surface area contributed by atoms with Crippen molar-refractivity contribution in [2.75, 3.05) is 26.7 Å². The molecule has 1 atom stereocenters. The molecule has 1 heterocycles. The maximum Gasteiger partial charge on any atom is 0.334 e. The molecular formula is C12H20N2O3. The van der Waals surface area contributed by atoms with E-state index in [0.29, 0.717) is 18.7 Å². The lowest BCUT2D eigenvalue weighted by atomic mass is 10.2. The highest BCUT2D eigenvalue weighted by Gasteiger charge is 2.30. The van der Waals surface area contributed by atoms with Crippen LogP contribution in [0.4, 0.5) is 0 Å². The van der Waals surface area contributed by atoms with Gasteiger partial charge >= 0.3 is 5.97 Å². The fourth-order valence-corrected chi connectivity index (χ4v) is 2.02. The zero-order valence-electron chi connectivity index (χ0n) is 10.5. The van der Waals surface area contributed by atoms with Crippen molar-refractivity contribution >= 4 is 11.9 Å². The monoisotopic (exact) mass is 240 g/mol. The minimum Gasteiger partial charge on any atom is -0.463 e. The number of likely N-dealkylation sites (tertiary alicyclic amines) is 1. The summed E-state index contributed by atoms with van der Waals surface area (Å²) in [6, 6.07) is -0.147. The second-order valence-corrected chi connectivity index (χ2v) is 4.07. The maximum atomic E-state index is 11.6. The second kappa shape index (κ2) is 6.39. The fourth-order valence-electron chi connectivity index (χ4n) is 2.02. The maximum absolute atomic E-state index is 11.6. The van der Waals surface area contributed by atoms with E-state index in [2.05, 4.69) is 11.9 Å². The minimum absolute atomic E-state index is 0.000779. The lowest BCUT2D eigenvalue weighted by Gasteiger charge is -2.23. The van der Waals surface area contributed by atoms with Gasteiger partial charge < -0.3 is 10.1 Å². The number of carbonyl (C=O) groups is 2. The van der Waals surface area contributed by atoms with Gasteiger partial charge in [-0.3, -0.25) is 9.69 Å². The lowest BCUT2D eigenvalue weighted by Crippen LogP contribution is -2.43. The van der Waals surface area contributed by atoms with Crippen LogP contribution < -0.4 is 5.32 Å². The zero-order chi connectivity index (χ0) is 12.8. The van der Waals surface area contributed by atoms with Gasteiger partial charge in [0, 0.05) is 19.2 Å². The van der Waals surface area contributed by atoms with Gasteiger partial charge in [-0.25, -0.2) is 4.79 Å². The van der Waals surface area contributed by atoms with Crippen LogP contribution in [0.2, 0.25) is 0 Å². The molecule has 0 spiro atoms. The van der Waals surface area contributed by atoms with Gasteiger partial charge in [-0.15, -0.1) is 0 Å². The average molecular weight is 240 g/mol. The van der Waals surface area contributed by atoms with E-state index in [4.69, 9.17) is 4.74 Å². The lowest BCUT2D eigenvalue weighted by molar-refractivity contribution is -0.139. The summed E-state index contributed by atoms with van der Waals surface area (Å²) in [5.41, 5.74) is 0.405. The van der Waals surface area contributed by atoms with Crippen molar-refractivity contribution in [3.05, 3.63) is 12.2 Å². The van der Waals surface area contributed by atoms with Gasteiger partial charge in [0.2, 0.25) is 5.91 Å². The van der Waals surface area contributed by atoms with Gasteiger partial charge in [-0.05, 0) is 26.3 Å². The van der Waals surface area contributed by atoms with Gasteiger partial charge in [-0.1, -0.05) is 6.58 Å². The molecule has 1 aliphatic heterocycles. The number of rotatable bonds is 5. The van der Waals surface area contributed by atoms with Crippen molar-refractivity contribution in [2.24, 2.45) is 0 Å². The standard InChI is InChI=1S/C12H20N2O3/c1-4-17-12(16)9(2)8-14-7-5-6-10(14)11(15)13-3/h10H,2,4-8H2,1,3H3,(H,13,15). The number of hydrogen-bond donors (Lipinski definition) is 1. The molecule has 0 saturated carbocycles. The van der Waals surface area contributed by atoms with Crippen molar-refractivity contribution in [3.63, 3.8) is 0 Å². The Bertz CT molecular complexity index is 315. The Hall–Kier alpha value is -1.36. The molecule has 1 saturated heterocycles. The largest absolute Gasteiger partial charge is 0.463 e. The third kappa shape index (κ3) is 3.56. The molecule has 0 aliphatic carbocycles. The number of hydrogen-bond acceptors (Lipinski definition) is 4. The van der Waals surface area contributed by atoms with Crippen molar-refractivity contribution in [3.8, 4) is 0 Å². The molecule has 0 radical (unpaired) electrons. The van der Waals surface area contributed by atoms with Gasteiger partial charge in [-0.2, -0.15) is 0 Å². The van der Waals surface area contributed by atoms with Crippen LogP contribution in [-0.4, -0.2) is 49.6 Å². The predicted molar refractivity (Wildman–Crippen MR) is 64.4 cm³/mol. The number of likely N-dealkylation sites (N-methyl/N-ethyl adjacent to an activating group) is 1. The van der Waals surface area contributed by atoms with Crippen molar-refractivity contribution in [2.45, 2.75) is 25.8 Å². The molecule has 0 aromatic rings. The van der Waals surface area contributed by atoms with Crippen LogP contribution in [-0.2, 0) is 14.3 Å². The molecule has 1 aliphatic rings. The Morgan fingerprint density at radius 2 is 2.24 bits per heavy atom. The van der Waals surface area contributed by atoms with E-state index < -0.39 is 0 Å². The van der Waals surface area contributed by atoms with Crippen LogP contribution in [0.15, 0.2) is 12.2 Å². The van der Waals surface area contributed by atoms with E-state index in [-0.39, 0.29) is 17.9 Å². The molecule has 17 heavy (non-hydrogen) atoms. The first-order chi connectivity index (χ1) is 8.10. The first kappa shape index (κ1) is 13.7. The average Bonchev–Trinajstić information content (AvgIpc) is 2.76. The number of amides is 1. The first-order valence-corrected chi connectivity index (χ1v) is 5.90. The molecule has 1 amide bonds. The molecule has 96 valence electrons. The number of esters is 1. The molecule has 1 unspecified atom stereocenters. The van der Waals surface area contributed by atoms with Crippen LogP contribution in [0, 0.1) is 0 Å². The molecule has 1 rings (SSSR count). The summed E-state index contributed by atoms with van der Waals surface area (Å²) >= 11 is 0. The van der Waals surface area contributed by atoms with Crippen molar-refractivity contribution in [1.82, 2.24) is 10.2 Å². The predicted octanol–water partition coefficient (Wildman–Crippen LogP) is 0.316. The first-order valence-electron chi connectivity index (χ1n) is 5.90. The molecular weight excluding hydrogens is 220 g/mol. The SMILES string of the molecule is C=C(CN1CCCC1C(=O)NC)C(=O)OCC. The summed E-state index contributed by atoms with van der Waals surface area (Å²) in [5.74, 6) is -0.380. The Morgan fingerprint density at radius 3 is 2.82 bits per heavy atom. The van der Waals surface area contributed by atoms with Crippen LogP contribution in [0.25, 0.3) is 0 Å². The Kier molecular flexibility index (Phi) is 5.15. The van der Waals surface area contributed by atoms with E-state index in [9.17, 15) is 9.59 Å². The van der Waals surface area contributed by atoms with Crippen LogP contribution in [0.3, 0.4) is 0 Å². The molecule has 1 N–H and O–H groups in total. The van der Waals surface area contributed by atoms with Crippen molar-refractivity contribution in [1.29, 1.82) is 0 Å². The Balaban J connectivity index is 2.52. The normalized spacial score (nSPS) is 20.0. The summed E-state index contributed by atoms with van der Waals surface area (Å²) in [6.07, 6.45) is 1.80. The van der Waals surface area contributed by atoms with Crippen LogP contribution >= 0.6 is 0 Å². The van der Waals surface area contributed by atoms with E-state index in [0.717, 1.165) is 19.4 Å². The highest BCUT2D eigenvalue weighted by molar-refractivity contribution is 5.88. The Morgan fingerprint density at radius 1 is 1.53 bits per heavy atom. The minimum atomic E-state index is -0.380. The summed E-state index contributed by atoms with van der Waals surface area (Å²) in [4.78, 5) is 25.0. The number of ether oxygens (including phenoxy) is 1. The quantitative estimate of drug-likeness (QED) is 0.555. The van der Waals surface area contributed by atoms with Gasteiger partial charge in [0.15, 0.2) is 0 Å². The van der Waals surface area contributed by atoms with Gasteiger partial charge in [0.25, 0.3) is 0 Å². The fraction of sp³-hybridized carbons (Fsp3) is 0.667. The number of carbonyl (C=O) groups excluding carboxylic acids is 2. The highest BCUT2D eigenvalue weighted by atomic mass is 16.5. The van der Waals surface area contributed by atoms with Crippen LogP contribution in [0.5, 0.6) is 0 Å². The third-order valence-corrected chi connectivity index (χ3v) is 2.87. The second-order valence-electron chi connectivity index (χ2n) is 4.07. The topological polar surface area (TPSA) is 58.6 Å². The molecule has 0 aromatic carbocycles. The molecule has 1 fully saturated rings. The summed E-state index contributed by atoms with van der Waals surface area (Å²) in [7, 11) is 1.62. The molecule has 5 nitrogen and oxygen atoms in total. The molecule has 5 heteroatoms. The third-order valence-electron chi connectivity index (χ3n) is 2.87. The number of nitrogens with one attached hydrogen (secondary N) is 1.